The van der Waals surface area contributed by atoms with E-state index in [1.807, 2.05) is 60.7 Å². The third kappa shape index (κ3) is 4.72. The Balaban J connectivity index is 1.51. The van der Waals surface area contributed by atoms with Gasteiger partial charge in [-0.25, -0.2) is 0 Å². The van der Waals surface area contributed by atoms with Crippen LogP contribution in [0.15, 0.2) is 72.8 Å². The number of ether oxygens (including phenoxy) is 2. The Kier molecular flexibility index (Phi) is 6.53. The van der Waals surface area contributed by atoms with Crippen LogP contribution in [0.3, 0.4) is 0 Å². The topological polar surface area (TPSA) is 50.8 Å². The highest BCUT2D eigenvalue weighted by molar-refractivity contribution is 5.96. The number of carbonyl (C=O) groups is 1. The van der Waals surface area contributed by atoms with E-state index in [4.69, 9.17) is 9.47 Å². The molecular formula is C26H28N2O3. The van der Waals surface area contributed by atoms with E-state index in [1.165, 1.54) is 0 Å². The van der Waals surface area contributed by atoms with E-state index in [0.29, 0.717) is 6.54 Å². The highest BCUT2D eigenvalue weighted by Crippen LogP contribution is 2.38. The van der Waals surface area contributed by atoms with Crippen LogP contribution in [0.4, 0.5) is 5.69 Å². The zero-order valence-electron chi connectivity index (χ0n) is 18.0. The van der Waals surface area contributed by atoms with Gasteiger partial charge < -0.3 is 14.8 Å². The van der Waals surface area contributed by atoms with E-state index in [0.717, 1.165) is 53.3 Å². The van der Waals surface area contributed by atoms with Crippen molar-refractivity contribution < 1.29 is 14.3 Å². The van der Waals surface area contributed by atoms with Crippen LogP contribution in [0.2, 0.25) is 0 Å². The highest BCUT2D eigenvalue weighted by atomic mass is 16.5. The molecule has 3 aromatic carbocycles. The lowest BCUT2D eigenvalue weighted by molar-refractivity contribution is -0.117. The lowest BCUT2D eigenvalue weighted by atomic mass is 10.0. The molecule has 1 saturated heterocycles. The van der Waals surface area contributed by atoms with Gasteiger partial charge in [0.25, 0.3) is 0 Å². The van der Waals surface area contributed by atoms with Crippen molar-refractivity contribution in [3.63, 3.8) is 0 Å². The first-order chi connectivity index (χ1) is 15.2. The molecule has 31 heavy (non-hydrogen) atoms. The zero-order chi connectivity index (χ0) is 21.6. The molecule has 0 spiro atoms. The summed E-state index contributed by atoms with van der Waals surface area (Å²) in [5.41, 5.74) is 3.99. The van der Waals surface area contributed by atoms with Gasteiger partial charge in [-0.15, -0.1) is 0 Å². The van der Waals surface area contributed by atoms with E-state index in [9.17, 15) is 4.79 Å². The average molecular weight is 417 g/mol. The summed E-state index contributed by atoms with van der Waals surface area (Å²) in [4.78, 5) is 15.2. The molecule has 1 amide bonds. The van der Waals surface area contributed by atoms with Gasteiger partial charge in [-0.05, 0) is 49.2 Å². The van der Waals surface area contributed by atoms with Gasteiger partial charge in [-0.3, -0.25) is 9.69 Å². The van der Waals surface area contributed by atoms with E-state index in [1.54, 1.807) is 14.2 Å². The summed E-state index contributed by atoms with van der Waals surface area (Å²) in [5.74, 6) is 1.61. The summed E-state index contributed by atoms with van der Waals surface area (Å²) >= 11 is 0. The molecule has 1 atom stereocenters. The molecule has 1 fully saturated rings. The number of amides is 1. The monoisotopic (exact) mass is 416 g/mol. The number of hydrogen-bond acceptors (Lipinski definition) is 4. The van der Waals surface area contributed by atoms with Gasteiger partial charge >= 0.3 is 0 Å². The molecule has 1 aliphatic rings. The van der Waals surface area contributed by atoms with Crippen molar-refractivity contribution in [1.29, 1.82) is 0 Å². The van der Waals surface area contributed by atoms with Crippen LogP contribution in [-0.2, 0) is 4.79 Å². The maximum absolute atomic E-state index is 13.0. The molecule has 0 aromatic heterocycles. The summed E-state index contributed by atoms with van der Waals surface area (Å²) in [6.45, 7) is 1.20. The van der Waals surface area contributed by atoms with Crippen molar-refractivity contribution >= 4 is 11.6 Å². The minimum atomic E-state index is -0.0165. The van der Waals surface area contributed by atoms with Gasteiger partial charge in [0.15, 0.2) is 0 Å². The zero-order valence-corrected chi connectivity index (χ0v) is 18.0. The van der Waals surface area contributed by atoms with E-state index < -0.39 is 0 Å². The number of nitrogens with one attached hydrogen (secondary N) is 1. The molecule has 5 heteroatoms. The van der Waals surface area contributed by atoms with Crippen LogP contribution in [0.25, 0.3) is 11.1 Å². The smallest absolute Gasteiger partial charge is 0.238 e. The minimum absolute atomic E-state index is 0.0165. The second-order valence-electron chi connectivity index (χ2n) is 7.70. The molecule has 4 rings (SSSR count). The first-order valence-corrected chi connectivity index (χ1v) is 10.6. The SMILES string of the molecule is COc1ccc(OC)c([C@@H]2CCCN2CC(=O)Nc2ccccc2-c2ccccc2)c1. The Bertz CT molecular complexity index is 1040. The largest absolute Gasteiger partial charge is 0.497 e. The fraction of sp³-hybridized carbons (Fsp3) is 0.269. The average Bonchev–Trinajstić information content (AvgIpc) is 3.27. The maximum atomic E-state index is 13.0. The van der Waals surface area contributed by atoms with Crippen LogP contribution >= 0.6 is 0 Å². The van der Waals surface area contributed by atoms with Crippen molar-refractivity contribution in [2.45, 2.75) is 18.9 Å². The van der Waals surface area contributed by atoms with Crippen LogP contribution in [0.5, 0.6) is 11.5 Å². The third-order valence-corrected chi connectivity index (χ3v) is 5.79. The summed E-state index contributed by atoms with van der Waals surface area (Å²) in [7, 11) is 3.34. The Morgan fingerprint density at radius 2 is 1.77 bits per heavy atom. The molecule has 0 aliphatic carbocycles. The van der Waals surface area contributed by atoms with Crippen molar-refractivity contribution in [2.75, 3.05) is 32.6 Å². The second kappa shape index (κ2) is 9.67. The van der Waals surface area contributed by atoms with E-state index >= 15 is 0 Å². The van der Waals surface area contributed by atoms with Gasteiger partial charge in [0.05, 0.1) is 20.8 Å². The molecule has 0 bridgehead atoms. The second-order valence-corrected chi connectivity index (χ2v) is 7.70. The van der Waals surface area contributed by atoms with Gasteiger partial charge in [-0.1, -0.05) is 48.5 Å². The standard InChI is InChI=1S/C26H28N2O3/c1-30-20-14-15-25(31-2)22(17-20)24-13-8-16-28(24)18-26(29)27-23-12-7-6-11-21(23)19-9-4-3-5-10-19/h3-7,9-12,14-15,17,24H,8,13,16,18H2,1-2H3,(H,27,29)/t24-/m0/s1. The fourth-order valence-corrected chi connectivity index (χ4v) is 4.30. The molecule has 3 aromatic rings. The summed E-state index contributed by atoms with van der Waals surface area (Å²) in [5, 5.41) is 3.12. The number of benzene rings is 3. The first kappa shape index (κ1) is 20.9. The molecule has 1 N–H and O–H groups in total. The van der Waals surface area contributed by atoms with Gasteiger partial charge in [-0.2, -0.15) is 0 Å². The first-order valence-electron chi connectivity index (χ1n) is 10.6. The van der Waals surface area contributed by atoms with Crippen LogP contribution in [0.1, 0.15) is 24.4 Å². The number of para-hydroxylation sites is 1. The van der Waals surface area contributed by atoms with Crippen molar-refractivity contribution in [1.82, 2.24) is 4.90 Å². The van der Waals surface area contributed by atoms with Gasteiger partial charge in [0.1, 0.15) is 11.5 Å². The number of likely N-dealkylation sites (tertiary alicyclic amines) is 1. The summed E-state index contributed by atoms with van der Waals surface area (Å²) in [6, 6.07) is 24.0. The Labute approximate surface area is 183 Å². The third-order valence-electron chi connectivity index (χ3n) is 5.79. The van der Waals surface area contributed by atoms with Gasteiger partial charge in [0, 0.05) is 22.9 Å². The lowest BCUT2D eigenvalue weighted by Crippen LogP contribution is -2.33. The number of anilines is 1. The van der Waals surface area contributed by atoms with Gasteiger partial charge in [0.2, 0.25) is 5.91 Å². The number of hydrogen-bond donors (Lipinski definition) is 1. The van der Waals surface area contributed by atoms with E-state index in [2.05, 4.69) is 22.3 Å². The Morgan fingerprint density at radius 1 is 1.00 bits per heavy atom. The number of nitrogens with zero attached hydrogens (tertiary/aromatic N) is 1. The predicted octanol–water partition coefficient (Wildman–Crippen LogP) is 5.15. The highest BCUT2D eigenvalue weighted by Gasteiger charge is 2.30. The number of carbonyl (C=O) groups excluding carboxylic acids is 1. The molecule has 160 valence electrons. The summed E-state index contributed by atoms with van der Waals surface area (Å²) in [6.07, 6.45) is 2.02. The molecule has 0 unspecified atom stereocenters. The molecule has 1 aliphatic heterocycles. The Morgan fingerprint density at radius 3 is 2.55 bits per heavy atom. The van der Waals surface area contributed by atoms with E-state index in [-0.39, 0.29) is 11.9 Å². The number of methoxy groups -OCH3 is 2. The molecule has 0 radical (unpaired) electrons. The predicted molar refractivity (Wildman–Crippen MR) is 124 cm³/mol. The van der Waals surface area contributed by atoms with Crippen LogP contribution in [0, 0.1) is 0 Å². The Hall–Kier alpha value is -3.31. The van der Waals surface area contributed by atoms with Crippen LogP contribution in [-0.4, -0.2) is 38.1 Å². The van der Waals surface area contributed by atoms with Crippen molar-refractivity contribution in [2.24, 2.45) is 0 Å². The minimum Gasteiger partial charge on any atom is -0.497 e. The quantitative estimate of drug-likeness (QED) is 0.579. The molecular weight excluding hydrogens is 388 g/mol. The lowest BCUT2D eigenvalue weighted by Gasteiger charge is -2.26. The fourth-order valence-electron chi connectivity index (χ4n) is 4.30. The molecule has 0 saturated carbocycles. The molecule has 1 heterocycles. The number of rotatable bonds is 7. The normalized spacial score (nSPS) is 16.1. The van der Waals surface area contributed by atoms with Crippen molar-refractivity contribution in [3.8, 4) is 22.6 Å². The molecule has 5 nitrogen and oxygen atoms in total. The summed E-state index contributed by atoms with van der Waals surface area (Å²) < 4.78 is 11.0. The van der Waals surface area contributed by atoms with Crippen molar-refractivity contribution in [3.05, 3.63) is 78.4 Å². The van der Waals surface area contributed by atoms with Crippen LogP contribution < -0.4 is 14.8 Å². The maximum Gasteiger partial charge on any atom is 0.238 e.